The topological polar surface area (TPSA) is 38.3 Å². The number of hydrogen-bond donors (Lipinski definition) is 1. The van der Waals surface area contributed by atoms with Crippen molar-refractivity contribution in [3.63, 3.8) is 0 Å². The summed E-state index contributed by atoms with van der Waals surface area (Å²) >= 11 is 0. The monoisotopic (exact) mass is 129 g/mol. The van der Waals surface area contributed by atoms with Crippen molar-refractivity contribution >= 4 is 6.29 Å². The van der Waals surface area contributed by atoms with Crippen LogP contribution in [0.5, 0.6) is 0 Å². The molecule has 52 valence electrons. The minimum atomic E-state index is 0.0231. The first kappa shape index (κ1) is 6.71. The molecule has 0 spiro atoms. The van der Waals surface area contributed by atoms with E-state index in [0.29, 0.717) is 0 Å². The minimum Gasteiger partial charge on any atom is -0.367 e. The molecule has 3 nitrogen and oxygen atoms in total. The van der Waals surface area contributed by atoms with Gasteiger partial charge in [0.25, 0.3) is 0 Å². The molecule has 0 saturated carbocycles. The zero-order chi connectivity index (χ0) is 6.69. The summed E-state index contributed by atoms with van der Waals surface area (Å²) in [4.78, 5) is 10.2. The Morgan fingerprint density at radius 2 is 2.44 bits per heavy atom. The van der Waals surface area contributed by atoms with E-state index >= 15 is 0 Å². The van der Waals surface area contributed by atoms with Gasteiger partial charge in [0.05, 0.1) is 6.04 Å². The van der Waals surface area contributed by atoms with Gasteiger partial charge in [-0.25, -0.2) is 0 Å². The SMILES string of the molecule is COC1CCC(C=O)N1. The van der Waals surface area contributed by atoms with Crippen molar-refractivity contribution in [1.82, 2.24) is 5.32 Å². The van der Waals surface area contributed by atoms with Crippen LogP contribution in [-0.2, 0) is 9.53 Å². The second kappa shape index (κ2) is 2.94. The van der Waals surface area contributed by atoms with Crippen LogP contribution in [0.3, 0.4) is 0 Å². The Kier molecular flexibility index (Phi) is 2.19. The van der Waals surface area contributed by atoms with Crippen molar-refractivity contribution in [2.45, 2.75) is 25.1 Å². The van der Waals surface area contributed by atoms with E-state index in [-0.39, 0.29) is 12.3 Å². The van der Waals surface area contributed by atoms with Crippen LogP contribution in [0.2, 0.25) is 0 Å². The molecule has 0 aromatic rings. The van der Waals surface area contributed by atoms with Crippen LogP contribution in [0, 0.1) is 0 Å². The number of nitrogens with one attached hydrogen (secondary N) is 1. The van der Waals surface area contributed by atoms with Gasteiger partial charge < -0.3 is 9.53 Å². The second-order valence-corrected chi connectivity index (χ2v) is 2.21. The van der Waals surface area contributed by atoms with Crippen molar-refractivity contribution in [2.24, 2.45) is 0 Å². The molecule has 1 aliphatic rings. The van der Waals surface area contributed by atoms with E-state index in [0.717, 1.165) is 19.1 Å². The molecule has 1 aliphatic heterocycles. The molecule has 2 atom stereocenters. The summed E-state index contributed by atoms with van der Waals surface area (Å²) in [6, 6.07) is 0.0231. The molecule has 9 heavy (non-hydrogen) atoms. The highest BCUT2D eigenvalue weighted by molar-refractivity contribution is 5.58. The highest BCUT2D eigenvalue weighted by atomic mass is 16.5. The molecule has 2 unspecified atom stereocenters. The lowest BCUT2D eigenvalue weighted by molar-refractivity contribution is -0.109. The number of hydrogen-bond acceptors (Lipinski definition) is 3. The fourth-order valence-electron chi connectivity index (χ4n) is 1.03. The van der Waals surface area contributed by atoms with Crippen LogP contribution in [0.15, 0.2) is 0 Å². The Hall–Kier alpha value is -0.410. The smallest absolute Gasteiger partial charge is 0.136 e. The van der Waals surface area contributed by atoms with Crippen LogP contribution in [0.4, 0.5) is 0 Å². The molecule has 1 N–H and O–H groups in total. The highest BCUT2D eigenvalue weighted by Crippen LogP contribution is 2.09. The summed E-state index contributed by atoms with van der Waals surface area (Å²) in [5.74, 6) is 0. The van der Waals surface area contributed by atoms with Gasteiger partial charge in [0.15, 0.2) is 0 Å². The van der Waals surface area contributed by atoms with Crippen molar-refractivity contribution in [3.8, 4) is 0 Å². The quantitative estimate of drug-likeness (QED) is 0.529. The van der Waals surface area contributed by atoms with Crippen LogP contribution in [-0.4, -0.2) is 25.7 Å². The van der Waals surface area contributed by atoms with Crippen molar-refractivity contribution < 1.29 is 9.53 Å². The Balaban J connectivity index is 2.28. The Labute approximate surface area is 54.4 Å². The summed E-state index contributed by atoms with van der Waals surface area (Å²) in [5, 5.41) is 3.00. The predicted molar refractivity (Wildman–Crippen MR) is 33.0 cm³/mol. The Morgan fingerprint density at radius 1 is 1.67 bits per heavy atom. The average Bonchev–Trinajstić information content (AvgIpc) is 2.34. The third kappa shape index (κ3) is 1.50. The molecular formula is C6H11NO2. The molecule has 0 aliphatic carbocycles. The first-order valence-electron chi connectivity index (χ1n) is 3.11. The number of ether oxygens (including phenoxy) is 1. The zero-order valence-electron chi connectivity index (χ0n) is 5.46. The summed E-state index contributed by atoms with van der Waals surface area (Å²) in [7, 11) is 1.64. The fraction of sp³-hybridized carbons (Fsp3) is 0.833. The van der Waals surface area contributed by atoms with E-state index in [2.05, 4.69) is 5.32 Å². The first-order chi connectivity index (χ1) is 4.36. The Morgan fingerprint density at radius 3 is 2.78 bits per heavy atom. The number of methoxy groups -OCH3 is 1. The average molecular weight is 129 g/mol. The molecule has 3 heteroatoms. The van der Waals surface area contributed by atoms with Crippen molar-refractivity contribution in [1.29, 1.82) is 0 Å². The van der Waals surface area contributed by atoms with E-state index < -0.39 is 0 Å². The van der Waals surface area contributed by atoms with Gasteiger partial charge in [0.1, 0.15) is 12.5 Å². The Bertz CT molecular complexity index is 105. The minimum absolute atomic E-state index is 0.0231. The van der Waals surface area contributed by atoms with Gasteiger partial charge in [0, 0.05) is 7.11 Å². The van der Waals surface area contributed by atoms with E-state index in [1.54, 1.807) is 7.11 Å². The maximum atomic E-state index is 10.2. The molecule has 0 bridgehead atoms. The standard InChI is InChI=1S/C6H11NO2/c1-9-6-3-2-5(4-8)7-6/h4-7H,2-3H2,1H3. The summed E-state index contributed by atoms with van der Waals surface area (Å²) in [6.07, 6.45) is 2.88. The molecule has 0 aromatic heterocycles. The number of aldehydes is 1. The van der Waals surface area contributed by atoms with Crippen molar-refractivity contribution in [2.75, 3.05) is 7.11 Å². The van der Waals surface area contributed by atoms with E-state index in [9.17, 15) is 4.79 Å². The van der Waals surface area contributed by atoms with Gasteiger partial charge in [-0.05, 0) is 12.8 Å². The summed E-state index contributed by atoms with van der Waals surface area (Å²) in [6.45, 7) is 0. The number of rotatable bonds is 2. The molecule has 0 radical (unpaired) electrons. The lowest BCUT2D eigenvalue weighted by atomic mass is 10.2. The van der Waals surface area contributed by atoms with Gasteiger partial charge in [-0.15, -0.1) is 0 Å². The normalized spacial score (nSPS) is 34.8. The van der Waals surface area contributed by atoms with Gasteiger partial charge in [-0.3, -0.25) is 5.32 Å². The molecular weight excluding hydrogens is 118 g/mol. The largest absolute Gasteiger partial charge is 0.367 e. The zero-order valence-corrected chi connectivity index (χ0v) is 5.46. The first-order valence-corrected chi connectivity index (χ1v) is 3.11. The maximum Gasteiger partial charge on any atom is 0.136 e. The third-order valence-corrected chi connectivity index (χ3v) is 1.59. The van der Waals surface area contributed by atoms with Crippen LogP contribution >= 0.6 is 0 Å². The third-order valence-electron chi connectivity index (χ3n) is 1.59. The van der Waals surface area contributed by atoms with Crippen LogP contribution in [0.1, 0.15) is 12.8 Å². The van der Waals surface area contributed by atoms with Gasteiger partial charge >= 0.3 is 0 Å². The predicted octanol–water partition coefficient (Wildman–Crippen LogP) is -0.0902. The molecule has 0 aromatic carbocycles. The molecule has 1 saturated heterocycles. The molecule has 1 fully saturated rings. The lowest BCUT2D eigenvalue weighted by Gasteiger charge is -2.06. The summed E-state index contributed by atoms with van der Waals surface area (Å²) in [5.41, 5.74) is 0. The highest BCUT2D eigenvalue weighted by Gasteiger charge is 2.21. The molecule has 1 heterocycles. The van der Waals surface area contributed by atoms with Crippen LogP contribution < -0.4 is 5.32 Å². The second-order valence-electron chi connectivity index (χ2n) is 2.21. The number of carbonyl (C=O) groups excluding carboxylic acids is 1. The molecule has 1 rings (SSSR count). The molecule has 0 amide bonds. The van der Waals surface area contributed by atoms with Crippen molar-refractivity contribution in [3.05, 3.63) is 0 Å². The number of carbonyl (C=O) groups is 1. The maximum absolute atomic E-state index is 10.2. The lowest BCUT2D eigenvalue weighted by Crippen LogP contribution is -2.31. The van der Waals surface area contributed by atoms with Crippen LogP contribution in [0.25, 0.3) is 0 Å². The van der Waals surface area contributed by atoms with Gasteiger partial charge in [-0.2, -0.15) is 0 Å². The van der Waals surface area contributed by atoms with E-state index in [4.69, 9.17) is 4.74 Å². The fourth-order valence-corrected chi connectivity index (χ4v) is 1.03. The van der Waals surface area contributed by atoms with E-state index in [1.807, 2.05) is 0 Å². The van der Waals surface area contributed by atoms with Gasteiger partial charge in [0.2, 0.25) is 0 Å². The van der Waals surface area contributed by atoms with E-state index in [1.165, 1.54) is 0 Å². The summed E-state index contributed by atoms with van der Waals surface area (Å²) < 4.78 is 4.97. The van der Waals surface area contributed by atoms with Gasteiger partial charge in [-0.1, -0.05) is 0 Å².